The van der Waals surface area contributed by atoms with Crippen LogP contribution in [0.15, 0.2) is 52.1 Å². The van der Waals surface area contributed by atoms with E-state index in [1.165, 1.54) is 6.92 Å². The first-order valence-corrected chi connectivity index (χ1v) is 9.24. The van der Waals surface area contributed by atoms with Gasteiger partial charge in [-0.15, -0.1) is 0 Å². The van der Waals surface area contributed by atoms with E-state index in [1.54, 1.807) is 18.2 Å². The van der Waals surface area contributed by atoms with Crippen molar-refractivity contribution >= 4 is 46.1 Å². The predicted molar refractivity (Wildman–Crippen MR) is 102 cm³/mol. The molecule has 0 aliphatic carbocycles. The van der Waals surface area contributed by atoms with Crippen molar-refractivity contribution in [2.45, 2.75) is 18.3 Å². The van der Waals surface area contributed by atoms with Crippen LogP contribution in [0.3, 0.4) is 0 Å². The summed E-state index contributed by atoms with van der Waals surface area (Å²) in [5.41, 5.74) is 0.475. The maximum atomic E-state index is 13.3. The van der Waals surface area contributed by atoms with E-state index >= 15 is 0 Å². The van der Waals surface area contributed by atoms with Crippen LogP contribution in [0.4, 0.5) is 15.8 Å². The zero-order chi connectivity index (χ0) is 21.0. The summed E-state index contributed by atoms with van der Waals surface area (Å²) in [5, 5.41) is 13.4. The number of benzene rings is 2. The maximum Gasteiger partial charge on any atom is 0.317 e. The number of fused-ring (bicyclic) bond motifs is 1. The van der Waals surface area contributed by atoms with Crippen LogP contribution in [0.1, 0.15) is 6.92 Å². The number of aromatic nitrogens is 1. The minimum absolute atomic E-state index is 0.00634. The zero-order valence-electron chi connectivity index (χ0n) is 15.0. The summed E-state index contributed by atoms with van der Waals surface area (Å²) < 4.78 is 23.8. The van der Waals surface area contributed by atoms with Gasteiger partial charge in [0.25, 0.3) is 11.1 Å². The molecule has 3 aromatic rings. The second-order valence-electron chi connectivity index (χ2n) is 5.78. The molecule has 1 amide bonds. The van der Waals surface area contributed by atoms with E-state index in [9.17, 15) is 24.1 Å². The number of nitro groups is 1. The van der Waals surface area contributed by atoms with Crippen molar-refractivity contribution in [1.29, 1.82) is 0 Å². The van der Waals surface area contributed by atoms with Gasteiger partial charge in [-0.05, 0) is 31.2 Å². The molecule has 1 N–H and O–H groups in total. The van der Waals surface area contributed by atoms with E-state index < -0.39 is 34.4 Å². The number of esters is 1. The second kappa shape index (κ2) is 8.69. The van der Waals surface area contributed by atoms with E-state index in [4.69, 9.17) is 9.15 Å². The van der Waals surface area contributed by atoms with Gasteiger partial charge in [-0.25, -0.2) is 4.98 Å². The van der Waals surface area contributed by atoms with Crippen molar-refractivity contribution in [3.05, 3.63) is 58.4 Å². The molecule has 1 heterocycles. The highest BCUT2D eigenvalue weighted by molar-refractivity contribution is 7.99. The van der Waals surface area contributed by atoms with Crippen molar-refractivity contribution in [3.8, 4) is 0 Å². The number of para-hydroxylation sites is 2. The molecular weight excluding hydrogens is 405 g/mol. The molecule has 0 bridgehead atoms. The largest absolute Gasteiger partial charge is 0.452 e. The fourth-order valence-electron chi connectivity index (χ4n) is 2.29. The molecule has 2 aromatic carbocycles. The van der Waals surface area contributed by atoms with Gasteiger partial charge in [-0.1, -0.05) is 23.9 Å². The van der Waals surface area contributed by atoms with Crippen molar-refractivity contribution in [2.75, 3.05) is 11.1 Å². The summed E-state index contributed by atoms with van der Waals surface area (Å²) in [4.78, 5) is 38.1. The number of ether oxygens (including phenoxy) is 1. The Labute approximate surface area is 167 Å². The number of nitrogens with zero attached hydrogens (tertiary/aromatic N) is 2. The average Bonchev–Trinajstić information content (AvgIpc) is 3.10. The first-order chi connectivity index (χ1) is 13.8. The number of hydrogen-bond donors (Lipinski definition) is 1. The average molecular weight is 419 g/mol. The summed E-state index contributed by atoms with van der Waals surface area (Å²) in [6, 6.07) is 10.0. The van der Waals surface area contributed by atoms with Crippen molar-refractivity contribution in [3.63, 3.8) is 0 Å². The van der Waals surface area contributed by atoms with E-state index in [0.29, 0.717) is 16.3 Å². The molecule has 0 saturated heterocycles. The van der Waals surface area contributed by atoms with Crippen LogP contribution in [-0.4, -0.2) is 33.6 Å². The van der Waals surface area contributed by atoms with E-state index in [-0.39, 0.29) is 11.4 Å². The van der Waals surface area contributed by atoms with E-state index in [1.807, 2.05) is 6.07 Å². The van der Waals surface area contributed by atoms with Gasteiger partial charge in [0, 0.05) is 11.8 Å². The van der Waals surface area contributed by atoms with Crippen molar-refractivity contribution < 1.29 is 28.1 Å². The zero-order valence-corrected chi connectivity index (χ0v) is 15.8. The predicted octanol–water partition coefficient (Wildman–Crippen LogP) is 3.54. The highest BCUT2D eigenvalue weighted by atomic mass is 32.2. The van der Waals surface area contributed by atoms with Crippen molar-refractivity contribution in [1.82, 2.24) is 4.98 Å². The summed E-state index contributed by atoms with van der Waals surface area (Å²) >= 11 is 1.02. The minimum Gasteiger partial charge on any atom is -0.452 e. The Morgan fingerprint density at radius 2 is 2.10 bits per heavy atom. The fraction of sp³-hybridized carbons (Fsp3) is 0.167. The van der Waals surface area contributed by atoms with Crippen LogP contribution in [0.25, 0.3) is 11.1 Å². The van der Waals surface area contributed by atoms with Gasteiger partial charge < -0.3 is 14.5 Å². The number of oxazole rings is 1. The smallest absolute Gasteiger partial charge is 0.317 e. The number of nitrogens with one attached hydrogen (secondary N) is 1. The van der Waals surface area contributed by atoms with Crippen LogP contribution in [0.5, 0.6) is 0 Å². The van der Waals surface area contributed by atoms with Gasteiger partial charge in [0.05, 0.1) is 4.92 Å². The highest BCUT2D eigenvalue weighted by Gasteiger charge is 2.21. The van der Waals surface area contributed by atoms with Crippen LogP contribution >= 0.6 is 11.8 Å². The number of nitro benzene ring substituents is 1. The van der Waals surface area contributed by atoms with Gasteiger partial charge >= 0.3 is 11.7 Å². The Bertz CT molecular complexity index is 1050. The summed E-state index contributed by atoms with van der Waals surface area (Å²) in [7, 11) is 0. The fourth-order valence-corrected chi connectivity index (χ4v) is 2.91. The number of rotatable bonds is 7. The van der Waals surface area contributed by atoms with Crippen LogP contribution < -0.4 is 5.32 Å². The van der Waals surface area contributed by atoms with Gasteiger partial charge in [0.15, 0.2) is 11.7 Å². The lowest BCUT2D eigenvalue weighted by atomic mass is 10.2. The van der Waals surface area contributed by atoms with Gasteiger partial charge in [0.1, 0.15) is 11.3 Å². The molecule has 29 heavy (non-hydrogen) atoms. The van der Waals surface area contributed by atoms with Crippen LogP contribution in [0, 0.1) is 15.9 Å². The quantitative estimate of drug-likeness (QED) is 0.267. The monoisotopic (exact) mass is 419 g/mol. The van der Waals surface area contributed by atoms with E-state index in [0.717, 1.165) is 30.0 Å². The molecule has 1 unspecified atom stereocenters. The van der Waals surface area contributed by atoms with E-state index in [2.05, 4.69) is 10.3 Å². The number of thioether (sulfide) groups is 1. The standard InChI is InChI=1S/C18H14FN3O6S/c1-10(17(24)20-11-6-7-12(19)14(8-11)22(25)26)27-16(23)9-29-18-21-13-4-2-3-5-15(13)28-18/h2-8,10H,9H2,1H3,(H,20,24). The Morgan fingerprint density at radius 3 is 2.83 bits per heavy atom. The molecule has 1 aromatic heterocycles. The number of halogens is 1. The normalized spacial score (nSPS) is 11.8. The maximum absolute atomic E-state index is 13.3. The lowest BCUT2D eigenvalue weighted by molar-refractivity contribution is -0.387. The summed E-state index contributed by atoms with van der Waals surface area (Å²) in [5.74, 6) is -2.55. The Morgan fingerprint density at radius 1 is 1.34 bits per heavy atom. The number of hydrogen-bond acceptors (Lipinski definition) is 8. The van der Waals surface area contributed by atoms with Gasteiger partial charge in [-0.2, -0.15) is 4.39 Å². The first kappa shape index (κ1) is 20.3. The highest BCUT2D eigenvalue weighted by Crippen LogP contribution is 2.24. The van der Waals surface area contributed by atoms with Gasteiger partial charge in [-0.3, -0.25) is 19.7 Å². The molecule has 0 aliphatic rings. The molecule has 150 valence electrons. The number of amides is 1. The van der Waals surface area contributed by atoms with Crippen LogP contribution in [0.2, 0.25) is 0 Å². The Hall–Kier alpha value is -3.47. The Kier molecular flexibility index (Phi) is 6.07. The molecule has 3 rings (SSSR count). The molecule has 1 atom stereocenters. The summed E-state index contributed by atoms with van der Waals surface area (Å²) in [6.07, 6.45) is -1.17. The number of carbonyl (C=O) groups is 2. The van der Waals surface area contributed by atoms with Crippen molar-refractivity contribution in [2.24, 2.45) is 0 Å². The molecule has 9 nitrogen and oxygen atoms in total. The topological polar surface area (TPSA) is 125 Å². The Balaban J connectivity index is 1.53. The van der Waals surface area contributed by atoms with Gasteiger partial charge in [0.2, 0.25) is 5.82 Å². The molecular formula is C18H14FN3O6S. The minimum atomic E-state index is -1.17. The lowest BCUT2D eigenvalue weighted by Gasteiger charge is -2.13. The lowest BCUT2D eigenvalue weighted by Crippen LogP contribution is -2.30. The van der Waals surface area contributed by atoms with Crippen LogP contribution in [-0.2, 0) is 14.3 Å². The second-order valence-corrected chi connectivity index (χ2v) is 6.71. The molecule has 0 fully saturated rings. The third-order valence-electron chi connectivity index (χ3n) is 3.68. The third kappa shape index (κ3) is 5.08. The number of anilines is 1. The molecule has 11 heteroatoms. The summed E-state index contributed by atoms with van der Waals surface area (Å²) in [6.45, 7) is 1.34. The molecule has 0 spiro atoms. The molecule has 0 aliphatic heterocycles. The SMILES string of the molecule is CC(OC(=O)CSc1nc2ccccc2o1)C(=O)Nc1ccc(F)c([N+](=O)[O-])c1. The molecule has 0 radical (unpaired) electrons. The molecule has 0 saturated carbocycles. The third-order valence-corrected chi connectivity index (χ3v) is 4.48. The first-order valence-electron chi connectivity index (χ1n) is 8.26. The number of carbonyl (C=O) groups excluding carboxylic acids is 2.